The highest BCUT2D eigenvalue weighted by Crippen LogP contribution is 2.24. The van der Waals surface area contributed by atoms with Gasteiger partial charge in [0.05, 0.1) is 16.9 Å². The summed E-state index contributed by atoms with van der Waals surface area (Å²) in [6.07, 6.45) is 2.65. The summed E-state index contributed by atoms with van der Waals surface area (Å²) in [6.45, 7) is 2.50. The molecule has 2 aromatic rings. The van der Waals surface area contributed by atoms with Crippen molar-refractivity contribution in [3.8, 4) is 0 Å². The Balaban J connectivity index is 2.24. The van der Waals surface area contributed by atoms with Crippen LogP contribution >= 0.6 is 22.9 Å². The normalized spacial score (nSPS) is 12.2. The number of rotatable bonds is 5. The molecule has 5 nitrogen and oxygen atoms in total. The molecule has 0 aliphatic carbocycles. The van der Waals surface area contributed by atoms with Gasteiger partial charge in [0.1, 0.15) is 0 Å². The van der Waals surface area contributed by atoms with Gasteiger partial charge in [0.2, 0.25) is 0 Å². The minimum absolute atomic E-state index is 0.104. The van der Waals surface area contributed by atoms with Crippen LogP contribution in [-0.4, -0.2) is 29.2 Å². The van der Waals surface area contributed by atoms with Gasteiger partial charge in [-0.15, -0.1) is 11.3 Å². The molecule has 0 unspecified atom stereocenters. The van der Waals surface area contributed by atoms with E-state index < -0.39 is 10.0 Å². The van der Waals surface area contributed by atoms with Gasteiger partial charge in [0.15, 0.2) is 5.03 Å². The second-order valence-corrected chi connectivity index (χ2v) is 7.26. The third-order valence-electron chi connectivity index (χ3n) is 2.40. The Morgan fingerprint density at radius 3 is 2.78 bits per heavy atom. The smallest absolute Gasteiger partial charge is 0.260 e. The van der Waals surface area contributed by atoms with E-state index in [0.29, 0.717) is 17.4 Å². The summed E-state index contributed by atoms with van der Waals surface area (Å²) < 4.78 is 26.6. The summed E-state index contributed by atoms with van der Waals surface area (Å²) in [5, 5.41) is 0.104. The van der Waals surface area contributed by atoms with Crippen LogP contribution in [-0.2, 0) is 16.6 Å². The lowest BCUT2D eigenvalue weighted by atomic mass is 10.4. The van der Waals surface area contributed by atoms with E-state index >= 15 is 0 Å². The molecule has 0 bridgehead atoms. The first-order chi connectivity index (χ1) is 8.54. The van der Waals surface area contributed by atoms with Crippen LogP contribution in [0.3, 0.4) is 0 Å². The number of hydrogen-bond acceptors (Lipinski definition) is 4. The van der Waals surface area contributed by atoms with Crippen LogP contribution in [0.5, 0.6) is 0 Å². The van der Waals surface area contributed by atoms with E-state index in [4.69, 9.17) is 11.6 Å². The van der Waals surface area contributed by atoms with Crippen LogP contribution in [0.25, 0.3) is 0 Å². The fourth-order valence-electron chi connectivity index (χ4n) is 1.50. The fourth-order valence-corrected chi connectivity index (χ4v) is 4.01. The number of halogens is 1. The summed E-state index contributed by atoms with van der Waals surface area (Å²) in [5.74, 6) is 0. The van der Waals surface area contributed by atoms with Gasteiger partial charge in [-0.25, -0.2) is 13.4 Å². The zero-order chi connectivity index (χ0) is 13.2. The average Bonchev–Trinajstić information content (AvgIpc) is 2.96. The van der Waals surface area contributed by atoms with Crippen molar-refractivity contribution < 1.29 is 8.42 Å². The van der Waals surface area contributed by atoms with Crippen LogP contribution in [0.2, 0.25) is 4.34 Å². The van der Waals surface area contributed by atoms with Crippen molar-refractivity contribution in [2.75, 3.05) is 6.54 Å². The number of H-pyrrole nitrogens is 1. The Bertz CT molecular complexity index is 607. The highest BCUT2D eigenvalue weighted by molar-refractivity contribution is 7.89. The lowest BCUT2D eigenvalue weighted by molar-refractivity contribution is 0.424. The highest BCUT2D eigenvalue weighted by atomic mass is 35.5. The molecule has 0 aliphatic heterocycles. The molecule has 0 spiro atoms. The quantitative estimate of drug-likeness (QED) is 0.922. The number of thiophene rings is 1. The first-order valence-electron chi connectivity index (χ1n) is 5.26. The maximum Gasteiger partial charge on any atom is 0.260 e. The minimum atomic E-state index is -3.52. The maximum absolute atomic E-state index is 12.3. The molecular weight excluding hydrogens is 294 g/mol. The molecule has 0 aliphatic rings. The van der Waals surface area contributed by atoms with Gasteiger partial charge in [0, 0.05) is 18.0 Å². The number of aromatic nitrogens is 2. The van der Waals surface area contributed by atoms with E-state index in [1.807, 2.05) is 6.07 Å². The van der Waals surface area contributed by atoms with Gasteiger partial charge < -0.3 is 4.98 Å². The van der Waals surface area contributed by atoms with Gasteiger partial charge >= 0.3 is 0 Å². The van der Waals surface area contributed by atoms with Crippen molar-refractivity contribution in [2.24, 2.45) is 0 Å². The van der Waals surface area contributed by atoms with E-state index in [-0.39, 0.29) is 5.03 Å². The summed E-state index contributed by atoms with van der Waals surface area (Å²) in [5.41, 5.74) is 0. The van der Waals surface area contributed by atoms with Crippen molar-refractivity contribution in [3.05, 3.63) is 33.9 Å². The molecule has 2 aromatic heterocycles. The van der Waals surface area contributed by atoms with E-state index in [1.54, 1.807) is 13.0 Å². The second kappa shape index (κ2) is 5.40. The van der Waals surface area contributed by atoms with Gasteiger partial charge in [-0.05, 0) is 12.1 Å². The molecule has 8 heteroatoms. The van der Waals surface area contributed by atoms with Crippen molar-refractivity contribution in [3.63, 3.8) is 0 Å². The second-order valence-electron chi connectivity index (χ2n) is 3.55. The van der Waals surface area contributed by atoms with Crippen LogP contribution in [0.1, 0.15) is 11.8 Å². The number of hydrogen-bond donors (Lipinski definition) is 1. The predicted molar refractivity (Wildman–Crippen MR) is 71.2 cm³/mol. The molecule has 2 heterocycles. The SMILES string of the molecule is CCN(Cc1ccc(Cl)s1)S(=O)(=O)c1cnc[nH]1. The largest absolute Gasteiger partial charge is 0.335 e. The van der Waals surface area contributed by atoms with E-state index in [9.17, 15) is 8.42 Å². The Morgan fingerprint density at radius 1 is 1.50 bits per heavy atom. The third kappa shape index (κ3) is 2.74. The number of nitrogens with one attached hydrogen (secondary N) is 1. The molecule has 0 radical (unpaired) electrons. The summed E-state index contributed by atoms with van der Waals surface area (Å²) in [7, 11) is -3.52. The van der Waals surface area contributed by atoms with Crippen LogP contribution < -0.4 is 0 Å². The molecular formula is C10H12ClN3O2S2. The van der Waals surface area contributed by atoms with Crippen LogP contribution in [0, 0.1) is 0 Å². The molecule has 0 atom stereocenters. The molecule has 0 aromatic carbocycles. The van der Waals surface area contributed by atoms with Crippen molar-refractivity contribution in [1.82, 2.24) is 14.3 Å². The van der Waals surface area contributed by atoms with Crippen LogP contribution in [0.4, 0.5) is 0 Å². The number of sulfonamides is 1. The van der Waals surface area contributed by atoms with E-state index in [1.165, 1.54) is 28.2 Å². The Kier molecular flexibility index (Phi) is 4.06. The fraction of sp³-hybridized carbons (Fsp3) is 0.300. The summed E-state index contributed by atoms with van der Waals surface area (Å²) in [4.78, 5) is 7.26. The molecule has 0 saturated carbocycles. The van der Waals surface area contributed by atoms with Crippen LogP contribution in [0.15, 0.2) is 29.7 Å². The molecule has 2 rings (SSSR count). The topological polar surface area (TPSA) is 66.1 Å². The van der Waals surface area contributed by atoms with Gasteiger partial charge in [-0.3, -0.25) is 0 Å². The standard InChI is InChI=1S/C10H12ClN3O2S2/c1-2-14(6-8-3-4-9(11)17-8)18(15,16)10-5-12-7-13-10/h3-5,7H,2,6H2,1H3,(H,12,13). The monoisotopic (exact) mass is 305 g/mol. The number of imidazole rings is 1. The highest BCUT2D eigenvalue weighted by Gasteiger charge is 2.24. The molecule has 98 valence electrons. The summed E-state index contributed by atoms with van der Waals surface area (Å²) >= 11 is 7.21. The lowest BCUT2D eigenvalue weighted by Crippen LogP contribution is -2.30. The summed E-state index contributed by atoms with van der Waals surface area (Å²) in [6, 6.07) is 3.59. The third-order valence-corrected chi connectivity index (χ3v) is 5.47. The van der Waals surface area contributed by atoms with Crippen molar-refractivity contribution in [1.29, 1.82) is 0 Å². The van der Waals surface area contributed by atoms with Crippen molar-refractivity contribution in [2.45, 2.75) is 18.5 Å². The molecule has 1 N–H and O–H groups in total. The predicted octanol–water partition coefficient (Wildman–Crippen LogP) is 2.34. The molecule has 0 saturated heterocycles. The Hall–Kier alpha value is -0.890. The number of aromatic amines is 1. The lowest BCUT2D eigenvalue weighted by Gasteiger charge is -2.18. The zero-order valence-corrected chi connectivity index (χ0v) is 12.0. The first kappa shape index (κ1) is 13.5. The van der Waals surface area contributed by atoms with E-state index in [0.717, 1.165) is 4.88 Å². The molecule has 0 amide bonds. The van der Waals surface area contributed by atoms with Gasteiger partial charge in [0.25, 0.3) is 10.0 Å². The Morgan fingerprint density at radius 2 is 2.28 bits per heavy atom. The average molecular weight is 306 g/mol. The van der Waals surface area contributed by atoms with E-state index in [2.05, 4.69) is 9.97 Å². The molecule has 18 heavy (non-hydrogen) atoms. The Labute approximate surface area is 114 Å². The maximum atomic E-state index is 12.3. The number of nitrogens with zero attached hydrogens (tertiary/aromatic N) is 2. The van der Waals surface area contributed by atoms with Gasteiger partial charge in [-0.2, -0.15) is 4.31 Å². The first-order valence-corrected chi connectivity index (χ1v) is 7.90. The van der Waals surface area contributed by atoms with Gasteiger partial charge in [-0.1, -0.05) is 18.5 Å². The van der Waals surface area contributed by atoms with Crippen molar-refractivity contribution >= 4 is 33.0 Å². The molecule has 0 fully saturated rings. The zero-order valence-electron chi connectivity index (χ0n) is 9.63. The minimum Gasteiger partial charge on any atom is -0.335 e.